The van der Waals surface area contributed by atoms with Crippen LogP contribution in [0.1, 0.15) is 41.5 Å². The Labute approximate surface area is 151 Å². The molecule has 0 bridgehead atoms. The van der Waals surface area contributed by atoms with E-state index in [-0.39, 0.29) is 24.8 Å². The number of allylic oxidation sites excluding steroid dienone is 8. The Balaban J connectivity index is 0.00000220. The first kappa shape index (κ1) is 22.5. The van der Waals surface area contributed by atoms with Crippen molar-refractivity contribution in [3.63, 3.8) is 0 Å². The van der Waals surface area contributed by atoms with E-state index >= 15 is 0 Å². The maximum atomic E-state index is 2.64. The van der Waals surface area contributed by atoms with Gasteiger partial charge in [0, 0.05) is 0 Å². The van der Waals surface area contributed by atoms with Gasteiger partial charge in [-0.05, 0) is 0 Å². The molecule has 0 amide bonds. The molecule has 0 saturated heterocycles. The first-order valence-electron chi connectivity index (χ1n) is 7.82. The maximum absolute atomic E-state index is 2.78. The average molecular weight is 393 g/mol. The van der Waals surface area contributed by atoms with Gasteiger partial charge >= 0.3 is 128 Å². The van der Waals surface area contributed by atoms with Crippen LogP contribution in [0.4, 0.5) is 0 Å². The molecule has 22 heavy (non-hydrogen) atoms. The molecule has 0 aromatic carbocycles. The van der Waals surface area contributed by atoms with Gasteiger partial charge < -0.3 is 24.8 Å². The van der Waals surface area contributed by atoms with E-state index in [4.69, 9.17) is 0 Å². The van der Waals surface area contributed by atoms with Crippen LogP contribution in [0.5, 0.6) is 0 Å². The fourth-order valence-electron chi connectivity index (χ4n) is 5.05. The summed E-state index contributed by atoms with van der Waals surface area (Å²) in [5.74, 6) is 1.28. The molecular formula is C18H30Cl2SiTi. The first-order chi connectivity index (χ1) is 8.96. The summed E-state index contributed by atoms with van der Waals surface area (Å²) in [5, 5.41) is 5.28. The summed E-state index contributed by atoms with van der Waals surface area (Å²) < 4.78 is 3.62. The molecule has 0 nitrogen and oxygen atoms in total. The van der Waals surface area contributed by atoms with Gasteiger partial charge in [0.25, 0.3) is 0 Å². The van der Waals surface area contributed by atoms with Crippen molar-refractivity contribution in [2.45, 2.75) is 52.0 Å². The summed E-state index contributed by atoms with van der Waals surface area (Å²) in [6.45, 7) is 14.1. The zero-order valence-electron chi connectivity index (χ0n) is 15.3. The van der Waals surface area contributed by atoms with E-state index in [9.17, 15) is 0 Å². The summed E-state index contributed by atoms with van der Waals surface area (Å²) in [7, 11) is 2.37. The molecule has 2 atom stereocenters. The second kappa shape index (κ2) is 6.76. The number of halogens is 2. The minimum atomic E-state index is -2.78. The van der Waals surface area contributed by atoms with Crippen LogP contribution in [0.25, 0.3) is 0 Å². The van der Waals surface area contributed by atoms with Crippen LogP contribution in [-0.2, 0) is 14.0 Å². The minimum absolute atomic E-state index is 0. The van der Waals surface area contributed by atoms with Gasteiger partial charge in [-0.25, -0.2) is 0 Å². The Hall–Kier alpha value is 0.471. The van der Waals surface area contributed by atoms with Crippen LogP contribution in [0, 0.1) is 11.8 Å². The van der Waals surface area contributed by atoms with Crippen molar-refractivity contribution in [2.75, 3.05) is 0 Å². The Bertz CT molecular complexity index is 671. The van der Waals surface area contributed by atoms with Gasteiger partial charge in [-0.2, -0.15) is 0 Å². The Morgan fingerprint density at radius 2 is 1.45 bits per heavy atom. The molecule has 0 spiro atoms. The maximum Gasteiger partial charge on any atom is -1.00 e. The molecule has 0 aliphatic heterocycles. The largest absolute Gasteiger partial charge is 1.00 e. The molecule has 2 aliphatic rings. The predicted octanol–water partition coefficient (Wildman–Crippen LogP) is -0.932. The van der Waals surface area contributed by atoms with Crippen molar-refractivity contribution in [3.05, 3.63) is 42.2 Å². The summed E-state index contributed by atoms with van der Waals surface area (Å²) in [6, 6.07) is 0. The third-order valence-corrected chi connectivity index (χ3v) is 16.8. The monoisotopic (exact) mass is 392 g/mol. The van der Waals surface area contributed by atoms with Crippen LogP contribution in [0.3, 0.4) is 0 Å². The number of hydrogen-bond acceptors (Lipinski definition) is 0. The molecule has 0 aromatic rings. The van der Waals surface area contributed by atoms with Crippen molar-refractivity contribution in [2.24, 2.45) is 11.8 Å². The van der Waals surface area contributed by atoms with E-state index in [0.29, 0.717) is 11.8 Å². The summed E-state index contributed by atoms with van der Waals surface area (Å²) in [4.78, 5) is 0. The van der Waals surface area contributed by atoms with Gasteiger partial charge in [0.05, 0.1) is 0 Å². The number of hydrogen-bond donors (Lipinski definition) is 0. The van der Waals surface area contributed by atoms with Crippen molar-refractivity contribution in [3.8, 4) is 0 Å². The summed E-state index contributed by atoms with van der Waals surface area (Å²) in [5.41, 5.74) is 6.21. The zero-order valence-corrected chi connectivity index (χ0v) is 19.8. The van der Waals surface area contributed by atoms with Crippen molar-refractivity contribution in [1.29, 1.82) is 0 Å². The Morgan fingerprint density at radius 3 is 1.77 bits per heavy atom. The van der Waals surface area contributed by atoms with Gasteiger partial charge in [0.15, 0.2) is 0 Å². The Morgan fingerprint density at radius 1 is 0.955 bits per heavy atom. The van der Waals surface area contributed by atoms with E-state index < -0.39 is 14.0 Å². The minimum Gasteiger partial charge on any atom is -1.00 e. The van der Waals surface area contributed by atoms with Crippen LogP contribution in [-0.4, -0.2) is 7.63 Å². The molecule has 4 heteroatoms. The zero-order chi connectivity index (χ0) is 15.5. The molecule has 2 unspecified atom stereocenters. The fraction of sp³-hybridized carbons (Fsp3) is 0.556. The molecule has 0 N–H and O–H groups in total. The quantitative estimate of drug-likeness (QED) is 0.532. The summed E-state index contributed by atoms with van der Waals surface area (Å²) >= 11 is -2.78. The normalized spacial score (nSPS) is 24.5. The molecule has 0 saturated carbocycles. The molecule has 0 fully saturated rings. The first-order valence-corrected chi connectivity index (χ1v) is 16.5. The van der Waals surface area contributed by atoms with Gasteiger partial charge in [-0.15, -0.1) is 0 Å². The van der Waals surface area contributed by atoms with Crippen LogP contribution >= 0.6 is 0 Å². The van der Waals surface area contributed by atoms with E-state index in [0.717, 1.165) is 0 Å². The third-order valence-electron chi connectivity index (χ3n) is 5.66. The van der Waals surface area contributed by atoms with Crippen LogP contribution < -0.4 is 24.8 Å². The van der Waals surface area contributed by atoms with E-state index in [1.54, 1.807) is 16.7 Å². The van der Waals surface area contributed by atoms with Crippen LogP contribution in [0.2, 0.25) is 10.5 Å². The topological polar surface area (TPSA) is 0 Å². The average Bonchev–Trinajstić information content (AvgIpc) is 2.65. The summed E-state index contributed by atoms with van der Waals surface area (Å²) in [6.07, 6.45) is 4.91. The Kier molecular flexibility index (Phi) is 6.91. The SMILES string of the molecule is CC1=CC(C)[C]([Ti+2]([CH3])([CH3])(=[SiH2])[C]2=C(C)C=C(C)C2C)=C1C.[Cl-].[Cl-]. The molecule has 0 aromatic heterocycles. The van der Waals surface area contributed by atoms with Crippen molar-refractivity contribution < 1.29 is 38.9 Å². The van der Waals surface area contributed by atoms with E-state index in [2.05, 4.69) is 71.8 Å². The van der Waals surface area contributed by atoms with Crippen molar-refractivity contribution >= 4 is 7.63 Å². The smallest absolute Gasteiger partial charge is 1.00 e. The molecule has 0 heterocycles. The van der Waals surface area contributed by atoms with Gasteiger partial charge in [0.2, 0.25) is 0 Å². The standard InChI is InChI=1S/2C8H11.2CH3.2ClH.H2Si.Ti/c2*1-6-4-7(2)8(3)5-6;;;;;;/h4,8H,1-3H3;4,6H,1-3H3;2*1H3;2*1H;1H2;/q;;;;;;;+2/p-2. The second-order valence-corrected chi connectivity index (χ2v) is 26.9. The van der Waals surface area contributed by atoms with Gasteiger partial charge in [-0.3, -0.25) is 0 Å². The fourth-order valence-corrected chi connectivity index (χ4v) is 19.5. The molecule has 2 aliphatic carbocycles. The molecule has 0 radical (unpaired) electrons. The third kappa shape index (κ3) is 3.30. The second-order valence-electron chi connectivity index (χ2n) is 8.07. The van der Waals surface area contributed by atoms with Gasteiger partial charge in [-0.1, -0.05) is 0 Å². The van der Waals surface area contributed by atoms with Crippen molar-refractivity contribution in [1.82, 2.24) is 0 Å². The molecular weight excluding hydrogens is 363 g/mol. The number of rotatable bonds is 2. The molecule has 2 rings (SSSR count). The molecule has 124 valence electrons. The van der Waals surface area contributed by atoms with Gasteiger partial charge in [0.1, 0.15) is 0 Å². The van der Waals surface area contributed by atoms with E-state index in [1.807, 2.05) is 7.76 Å². The predicted molar refractivity (Wildman–Crippen MR) is 91.5 cm³/mol. The van der Waals surface area contributed by atoms with Crippen LogP contribution in [0.15, 0.2) is 42.2 Å². The van der Waals surface area contributed by atoms with E-state index in [1.165, 1.54) is 5.57 Å².